The van der Waals surface area contributed by atoms with E-state index in [-0.39, 0.29) is 4.90 Å². The molecule has 0 aliphatic heterocycles. The Kier molecular flexibility index (Phi) is 3.90. The highest BCUT2D eigenvalue weighted by molar-refractivity contribution is 7.89. The maximum atomic E-state index is 12.1. The summed E-state index contributed by atoms with van der Waals surface area (Å²) >= 11 is 0. The first-order valence-corrected chi connectivity index (χ1v) is 6.44. The lowest BCUT2D eigenvalue weighted by molar-refractivity contribution is -0.137. The fourth-order valence-electron chi connectivity index (χ4n) is 1.53. The van der Waals surface area contributed by atoms with E-state index in [4.69, 9.17) is 5.11 Å². The molecule has 0 aromatic heterocycles. The van der Waals surface area contributed by atoms with Crippen molar-refractivity contribution in [3.8, 4) is 0 Å². The lowest BCUT2D eigenvalue weighted by Crippen LogP contribution is -2.32. The van der Waals surface area contributed by atoms with Crippen LogP contribution in [0.15, 0.2) is 23.1 Å². The first-order chi connectivity index (χ1) is 7.75. The van der Waals surface area contributed by atoms with E-state index in [1.165, 1.54) is 13.1 Å². The number of hydrogen-bond donors (Lipinski definition) is 1. The minimum Gasteiger partial charge on any atom is -0.480 e. The molecule has 0 spiro atoms. The maximum absolute atomic E-state index is 12.1. The summed E-state index contributed by atoms with van der Waals surface area (Å²) in [5.74, 6) is -1.18. The van der Waals surface area contributed by atoms with Gasteiger partial charge in [-0.2, -0.15) is 4.31 Å². The van der Waals surface area contributed by atoms with Gasteiger partial charge >= 0.3 is 5.97 Å². The van der Waals surface area contributed by atoms with Crippen LogP contribution in [-0.2, 0) is 14.8 Å². The third-order valence-corrected chi connectivity index (χ3v) is 4.34. The van der Waals surface area contributed by atoms with Gasteiger partial charge in [-0.15, -0.1) is 0 Å². The molecule has 0 heterocycles. The zero-order chi connectivity index (χ0) is 13.2. The topological polar surface area (TPSA) is 74.7 Å². The number of likely N-dealkylation sites (N-methyl/N-ethyl adjacent to an activating group) is 1. The Morgan fingerprint density at radius 1 is 1.35 bits per heavy atom. The van der Waals surface area contributed by atoms with E-state index < -0.39 is 22.5 Å². The number of carboxylic acid groups (broad SMARTS) is 1. The Bertz CT molecular complexity index is 536. The second-order valence-electron chi connectivity index (χ2n) is 3.92. The van der Waals surface area contributed by atoms with Gasteiger partial charge in [-0.3, -0.25) is 4.79 Å². The van der Waals surface area contributed by atoms with Crippen molar-refractivity contribution in [1.82, 2.24) is 4.31 Å². The molecule has 17 heavy (non-hydrogen) atoms. The molecule has 0 atom stereocenters. The molecule has 0 bridgehead atoms. The molecular weight excluding hydrogens is 242 g/mol. The van der Waals surface area contributed by atoms with Crippen LogP contribution in [-0.4, -0.2) is 37.4 Å². The molecule has 1 N–H and O–H groups in total. The van der Waals surface area contributed by atoms with Crippen LogP contribution < -0.4 is 0 Å². The van der Waals surface area contributed by atoms with Crippen molar-refractivity contribution in [3.63, 3.8) is 0 Å². The summed E-state index contributed by atoms with van der Waals surface area (Å²) in [6.45, 7) is 3.01. The second-order valence-corrected chi connectivity index (χ2v) is 5.94. The van der Waals surface area contributed by atoms with Gasteiger partial charge in [0, 0.05) is 7.05 Å². The summed E-state index contributed by atoms with van der Waals surface area (Å²) in [4.78, 5) is 10.7. The minimum absolute atomic E-state index is 0.145. The van der Waals surface area contributed by atoms with Crippen molar-refractivity contribution in [2.75, 3.05) is 13.6 Å². The maximum Gasteiger partial charge on any atom is 0.318 e. The number of sulfonamides is 1. The zero-order valence-electron chi connectivity index (χ0n) is 9.97. The molecule has 0 aliphatic rings. The zero-order valence-corrected chi connectivity index (χ0v) is 10.8. The number of nitrogens with zero attached hydrogens (tertiary/aromatic N) is 1. The fraction of sp³-hybridized carbons (Fsp3) is 0.364. The second kappa shape index (κ2) is 4.85. The number of hydrogen-bond acceptors (Lipinski definition) is 3. The molecule has 94 valence electrons. The minimum atomic E-state index is -3.73. The quantitative estimate of drug-likeness (QED) is 0.873. The molecular formula is C11H15NO4S. The van der Waals surface area contributed by atoms with Crippen molar-refractivity contribution in [3.05, 3.63) is 29.3 Å². The van der Waals surface area contributed by atoms with Crippen LogP contribution >= 0.6 is 0 Å². The van der Waals surface area contributed by atoms with Crippen molar-refractivity contribution in [1.29, 1.82) is 0 Å². The van der Waals surface area contributed by atoms with E-state index in [9.17, 15) is 13.2 Å². The van der Waals surface area contributed by atoms with Gasteiger partial charge in [0.25, 0.3) is 0 Å². The molecule has 0 amide bonds. The standard InChI is InChI=1S/C11H15NO4S/c1-8-4-5-10(9(2)6-8)17(15,16)12(3)7-11(13)14/h4-6H,7H2,1-3H3,(H,13,14). The highest BCUT2D eigenvalue weighted by atomic mass is 32.2. The Labute approximate surface area is 101 Å². The highest BCUT2D eigenvalue weighted by Gasteiger charge is 2.24. The first kappa shape index (κ1) is 13.7. The number of carboxylic acids is 1. The van der Waals surface area contributed by atoms with E-state index in [0.717, 1.165) is 9.87 Å². The number of rotatable bonds is 4. The lowest BCUT2D eigenvalue weighted by atomic mass is 10.2. The number of benzene rings is 1. The lowest BCUT2D eigenvalue weighted by Gasteiger charge is -2.16. The van der Waals surface area contributed by atoms with Gasteiger partial charge in [0.1, 0.15) is 6.54 Å². The van der Waals surface area contributed by atoms with Crippen LogP contribution in [0.5, 0.6) is 0 Å². The monoisotopic (exact) mass is 257 g/mol. The normalized spacial score (nSPS) is 11.8. The summed E-state index contributed by atoms with van der Waals surface area (Å²) < 4.78 is 25.0. The van der Waals surface area contributed by atoms with Crippen LogP contribution in [0.4, 0.5) is 0 Å². The summed E-state index contributed by atoms with van der Waals surface area (Å²) in [7, 11) is -2.48. The molecule has 0 fully saturated rings. The first-order valence-electron chi connectivity index (χ1n) is 5.00. The molecule has 1 rings (SSSR count). The summed E-state index contributed by atoms with van der Waals surface area (Å²) in [6.07, 6.45) is 0. The van der Waals surface area contributed by atoms with Crippen molar-refractivity contribution >= 4 is 16.0 Å². The largest absolute Gasteiger partial charge is 0.480 e. The smallest absolute Gasteiger partial charge is 0.318 e. The highest BCUT2D eigenvalue weighted by Crippen LogP contribution is 2.19. The van der Waals surface area contributed by atoms with E-state index in [1.54, 1.807) is 19.1 Å². The summed E-state index contributed by atoms with van der Waals surface area (Å²) in [5, 5.41) is 8.60. The predicted molar refractivity (Wildman–Crippen MR) is 63.4 cm³/mol. The predicted octanol–water partition coefficient (Wildman–Crippen LogP) is 1.01. The molecule has 1 aromatic rings. The number of carbonyl (C=O) groups is 1. The summed E-state index contributed by atoms with van der Waals surface area (Å²) in [6, 6.07) is 4.94. The van der Waals surface area contributed by atoms with Gasteiger partial charge in [-0.25, -0.2) is 8.42 Å². The van der Waals surface area contributed by atoms with Crippen molar-refractivity contribution in [2.24, 2.45) is 0 Å². The Morgan fingerprint density at radius 2 is 1.94 bits per heavy atom. The van der Waals surface area contributed by atoms with Gasteiger partial charge in [0.2, 0.25) is 10.0 Å². The van der Waals surface area contributed by atoms with Gasteiger partial charge in [0.15, 0.2) is 0 Å². The average Bonchev–Trinajstić information content (AvgIpc) is 2.15. The van der Waals surface area contributed by atoms with Crippen LogP contribution in [0.1, 0.15) is 11.1 Å². The van der Waals surface area contributed by atoms with Crippen molar-refractivity contribution < 1.29 is 18.3 Å². The van der Waals surface area contributed by atoms with Crippen LogP contribution in [0.2, 0.25) is 0 Å². The SMILES string of the molecule is Cc1ccc(S(=O)(=O)N(C)CC(=O)O)c(C)c1. The molecule has 0 unspecified atom stereocenters. The van der Waals surface area contributed by atoms with Gasteiger partial charge in [-0.05, 0) is 25.5 Å². The van der Waals surface area contributed by atoms with E-state index in [0.29, 0.717) is 5.56 Å². The molecule has 1 aromatic carbocycles. The third-order valence-electron chi connectivity index (χ3n) is 2.38. The van der Waals surface area contributed by atoms with Gasteiger partial charge < -0.3 is 5.11 Å². The van der Waals surface area contributed by atoms with Crippen LogP contribution in [0.3, 0.4) is 0 Å². The van der Waals surface area contributed by atoms with Crippen molar-refractivity contribution in [2.45, 2.75) is 18.7 Å². The molecule has 0 saturated carbocycles. The van der Waals surface area contributed by atoms with Crippen LogP contribution in [0.25, 0.3) is 0 Å². The number of aliphatic carboxylic acids is 1. The van der Waals surface area contributed by atoms with E-state index >= 15 is 0 Å². The van der Waals surface area contributed by atoms with E-state index in [2.05, 4.69) is 0 Å². The Hall–Kier alpha value is -1.40. The van der Waals surface area contributed by atoms with Gasteiger partial charge in [0.05, 0.1) is 4.90 Å². The third kappa shape index (κ3) is 3.04. The number of aryl methyl sites for hydroxylation is 2. The average molecular weight is 257 g/mol. The molecule has 6 heteroatoms. The molecule has 0 radical (unpaired) electrons. The summed E-state index contributed by atoms with van der Waals surface area (Å²) in [5.41, 5.74) is 1.57. The van der Waals surface area contributed by atoms with E-state index in [1.807, 2.05) is 6.92 Å². The van der Waals surface area contributed by atoms with Gasteiger partial charge in [-0.1, -0.05) is 17.7 Å². The Balaban J connectivity index is 3.17. The fourth-order valence-corrected chi connectivity index (χ4v) is 2.85. The Morgan fingerprint density at radius 3 is 2.41 bits per heavy atom. The molecule has 5 nitrogen and oxygen atoms in total. The van der Waals surface area contributed by atoms with Crippen LogP contribution in [0, 0.1) is 13.8 Å². The molecule has 0 aliphatic carbocycles. The molecule has 0 saturated heterocycles.